The molecule has 0 atom stereocenters. The van der Waals surface area contributed by atoms with Crippen LogP contribution < -0.4 is 0 Å². The minimum absolute atomic E-state index is 0.222. The number of aryl methyl sites for hydroxylation is 1. The summed E-state index contributed by atoms with van der Waals surface area (Å²) >= 11 is 6.13. The predicted molar refractivity (Wildman–Crippen MR) is 61.5 cm³/mol. The van der Waals surface area contributed by atoms with E-state index in [1.54, 1.807) is 0 Å². The molecule has 0 bridgehead atoms. The molecule has 0 amide bonds. The Bertz CT molecular complexity index is 540. The Morgan fingerprint density at radius 3 is 3.07 bits per heavy atom. The van der Waals surface area contributed by atoms with Crippen LogP contribution in [0.1, 0.15) is 31.7 Å². The monoisotopic (exact) mass is 220 g/mol. The fourth-order valence-electron chi connectivity index (χ4n) is 2.52. The first kappa shape index (κ1) is 9.22. The second kappa shape index (κ2) is 2.76. The molecule has 0 radical (unpaired) electrons. The van der Waals surface area contributed by atoms with Crippen molar-refractivity contribution in [3.63, 3.8) is 0 Å². The van der Waals surface area contributed by atoms with Crippen LogP contribution in [0.2, 0.25) is 5.02 Å². The molecular weight excluding hydrogens is 208 g/mol. The molecule has 0 aromatic carbocycles. The molecule has 2 nitrogen and oxygen atoms in total. The molecule has 3 rings (SSSR count). The summed E-state index contributed by atoms with van der Waals surface area (Å²) < 4.78 is 2.14. The minimum Gasteiger partial charge on any atom is -0.302 e. The lowest BCUT2D eigenvalue weighted by Gasteiger charge is -2.18. The highest BCUT2D eigenvalue weighted by atomic mass is 35.5. The van der Waals surface area contributed by atoms with Gasteiger partial charge in [0.1, 0.15) is 0 Å². The van der Waals surface area contributed by atoms with E-state index in [1.807, 2.05) is 12.1 Å². The van der Waals surface area contributed by atoms with Gasteiger partial charge in [-0.05, 0) is 25.0 Å². The summed E-state index contributed by atoms with van der Waals surface area (Å²) in [7, 11) is 0. The number of rotatable bonds is 0. The molecule has 0 N–H and O–H groups in total. The van der Waals surface area contributed by atoms with Crippen LogP contribution in [-0.4, -0.2) is 9.38 Å². The van der Waals surface area contributed by atoms with Crippen LogP contribution in [0.25, 0.3) is 5.65 Å². The summed E-state index contributed by atoms with van der Waals surface area (Å²) in [6.07, 6.45) is 4.31. The molecule has 1 aliphatic rings. The lowest BCUT2D eigenvalue weighted by atomic mass is 9.91. The third kappa shape index (κ3) is 1.14. The van der Waals surface area contributed by atoms with Crippen molar-refractivity contribution < 1.29 is 0 Å². The van der Waals surface area contributed by atoms with Crippen molar-refractivity contribution in [3.05, 3.63) is 34.7 Å². The van der Waals surface area contributed by atoms with Crippen molar-refractivity contribution >= 4 is 17.2 Å². The Kier molecular flexibility index (Phi) is 1.70. The van der Waals surface area contributed by atoms with E-state index in [0.29, 0.717) is 0 Å². The van der Waals surface area contributed by atoms with Gasteiger partial charge in [-0.1, -0.05) is 25.4 Å². The molecule has 0 saturated heterocycles. The fraction of sp³-hybridized carbons (Fsp3) is 0.417. The maximum Gasteiger partial charge on any atom is 0.156 e. The van der Waals surface area contributed by atoms with Crippen molar-refractivity contribution in [2.24, 2.45) is 0 Å². The molecule has 2 aromatic rings. The summed E-state index contributed by atoms with van der Waals surface area (Å²) in [4.78, 5) is 4.62. The predicted octanol–water partition coefficient (Wildman–Crippen LogP) is 3.21. The van der Waals surface area contributed by atoms with E-state index in [0.717, 1.165) is 17.1 Å². The smallest absolute Gasteiger partial charge is 0.156 e. The molecule has 0 aliphatic heterocycles. The number of hydrogen-bond acceptors (Lipinski definition) is 1. The maximum atomic E-state index is 6.13. The van der Waals surface area contributed by atoms with Gasteiger partial charge in [-0.2, -0.15) is 0 Å². The molecule has 0 unspecified atom stereocenters. The lowest BCUT2D eigenvalue weighted by Crippen LogP contribution is -2.15. The van der Waals surface area contributed by atoms with Crippen LogP contribution in [0.15, 0.2) is 18.3 Å². The van der Waals surface area contributed by atoms with E-state index < -0.39 is 0 Å². The number of halogens is 1. The van der Waals surface area contributed by atoms with Gasteiger partial charge in [0.15, 0.2) is 5.65 Å². The molecule has 2 aromatic heterocycles. The van der Waals surface area contributed by atoms with Crippen molar-refractivity contribution in [1.82, 2.24) is 9.38 Å². The average molecular weight is 221 g/mol. The Hall–Kier alpha value is -1.02. The highest BCUT2D eigenvalue weighted by Gasteiger charge is 2.34. The van der Waals surface area contributed by atoms with E-state index in [1.165, 1.54) is 17.8 Å². The van der Waals surface area contributed by atoms with Crippen molar-refractivity contribution in [1.29, 1.82) is 0 Å². The largest absolute Gasteiger partial charge is 0.302 e. The first-order chi connectivity index (χ1) is 7.09. The molecule has 15 heavy (non-hydrogen) atoms. The summed E-state index contributed by atoms with van der Waals surface area (Å²) in [6, 6.07) is 3.87. The SMILES string of the molecule is CC1(C)CCc2nc3c(Cl)cccn3c21. The topological polar surface area (TPSA) is 17.3 Å². The van der Waals surface area contributed by atoms with Crippen LogP contribution in [-0.2, 0) is 11.8 Å². The average Bonchev–Trinajstić information content (AvgIpc) is 2.67. The van der Waals surface area contributed by atoms with Gasteiger partial charge in [0.25, 0.3) is 0 Å². The molecule has 1 aliphatic carbocycles. The van der Waals surface area contributed by atoms with E-state index in [-0.39, 0.29) is 5.41 Å². The highest BCUT2D eigenvalue weighted by molar-refractivity contribution is 6.33. The van der Waals surface area contributed by atoms with Crippen LogP contribution in [0.5, 0.6) is 0 Å². The number of pyridine rings is 1. The lowest BCUT2D eigenvalue weighted by molar-refractivity contribution is 0.503. The summed E-state index contributed by atoms with van der Waals surface area (Å²) in [6.45, 7) is 4.54. The Balaban J connectivity index is 2.42. The highest BCUT2D eigenvalue weighted by Crippen LogP contribution is 2.39. The second-order valence-electron chi connectivity index (χ2n) is 4.84. The minimum atomic E-state index is 0.222. The molecular formula is C12H13ClN2. The number of nitrogens with zero attached hydrogens (tertiary/aromatic N) is 2. The zero-order valence-corrected chi connectivity index (χ0v) is 9.67. The van der Waals surface area contributed by atoms with Gasteiger partial charge >= 0.3 is 0 Å². The molecule has 3 heteroatoms. The number of fused-ring (bicyclic) bond motifs is 3. The summed E-state index contributed by atoms with van der Waals surface area (Å²) in [5, 5.41) is 0.739. The Labute approximate surface area is 93.9 Å². The number of hydrogen-bond donors (Lipinski definition) is 0. The van der Waals surface area contributed by atoms with Gasteiger partial charge < -0.3 is 4.40 Å². The summed E-state index contributed by atoms with van der Waals surface area (Å²) in [5.41, 5.74) is 3.67. The fourth-order valence-corrected chi connectivity index (χ4v) is 2.73. The van der Waals surface area contributed by atoms with Gasteiger partial charge in [0, 0.05) is 11.6 Å². The van der Waals surface area contributed by atoms with Gasteiger partial charge in [-0.3, -0.25) is 0 Å². The number of imidazole rings is 1. The zero-order chi connectivity index (χ0) is 10.6. The molecule has 78 valence electrons. The van der Waals surface area contributed by atoms with E-state index in [9.17, 15) is 0 Å². The molecule has 0 spiro atoms. The van der Waals surface area contributed by atoms with E-state index in [4.69, 9.17) is 11.6 Å². The molecule has 0 fully saturated rings. The van der Waals surface area contributed by atoms with Crippen LogP contribution >= 0.6 is 11.6 Å². The summed E-state index contributed by atoms with van der Waals surface area (Å²) in [5.74, 6) is 0. The zero-order valence-electron chi connectivity index (χ0n) is 8.92. The quantitative estimate of drug-likeness (QED) is 0.667. The first-order valence-corrected chi connectivity index (χ1v) is 5.63. The molecule has 2 heterocycles. The third-order valence-corrected chi connectivity index (χ3v) is 3.60. The van der Waals surface area contributed by atoms with Crippen LogP contribution in [0.4, 0.5) is 0 Å². The second-order valence-corrected chi connectivity index (χ2v) is 5.25. The normalized spacial score (nSPS) is 18.3. The number of aromatic nitrogens is 2. The standard InChI is InChI=1S/C12H13ClN2/c1-12(2)6-5-9-10(12)15-7-3-4-8(13)11(15)14-9/h3-4,7H,5-6H2,1-2H3. The Morgan fingerprint density at radius 1 is 1.47 bits per heavy atom. The van der Waals surface area contributed by atoms with Crippen molar-refractivity contribution in [2.45, 2.75) is 32.1 Å². The Morgan fingerprint density at radius 2 is 2.27 bits per heavy atom. The van der Waals surface area contributed by atoms with Crippen LogP contribution in [0.3, 0.4) is 0 Å². The molecule has 0 saturated carbocycles. The van der Waals surface area contributed by atoms with Gasteiger partial charge in [-0.15, -0.1) is 0 Å². The first-order valence-electron chi connectivity index (χ1n) is 5.25. The van der Waals surface area contributed by atoms with Gasteiger partial charge in [0.2, 0.25) is 0 Å². The van der Waals surface area contributed by atoms with Crippen LogP contribution in [0, 0.1) is 0 Å². The third-order valence-electron chi connectivity index (χ3n) is 3.30. The van der Waals surface area contributed by atoms with E-state index in [2.05, 4.69) is 29.4 Å². The van der Waals surface area contributed by atoms with Gasteiger partial charge in [-0.25, -0.2) is 4.98 Å². The van der Waals surface area contributed by atoms with Gasteiger partial charge in [0.05, 0.1) is 16.4 Å². The van der Waals surface area contributed by atoms with E-state index >= 15 is 0 Å². The van der Waals surface area contributed by atoms with Crippen molar-refractivity contribution in [3.8, 4) is 0 Å². The maximum absolute atomic E-state index is 6.13. The van der Waals surface area contributed by atoms with Crippen molar-refractivity contribution in [2.75, 3.05) is 0 Å².